The van der Waals surface area contributed by atoms with Crippen molar-refractivity contribution in [2.24, 2.45) is 29.1 Å². The van der Waals surface area contributed by atoms with Crippen molar-refractivity contribution < 1.29 is 19.4 Å². The minimum atomic E-state index is -0.976. The zero-order valence-electron chi connectivity index (χ0n) is 16.4. The van der Waals surface area contributed by atoms with Gasteiger partial charge in [-0.25, -0.2) is 0 Å². The number of esters is 1. The number of allylic oxidation sites excluding steroid dienone is 1. The van der Waals surface area contributed by atoms with Gasteiger partial charge in [-0.1, -0.05) is 18.4 Å². The fraction of sp³-hybridized carbons (Fsp3) is 0.739. The number of fused-ring (bicyclic) bond motifs is 5. The van der Waals surface area contributed by atoms with E-state index in [1.54, 1.807) is 6.08 Å². The summed E-state index contributed by atoms with van der Waals surface area (Å²) in [7, 11) is 0. The Labute approximate surface area is 161 Å². The molecule has 0 heterocycles. The van der Waals surface area contributed by atoms with Crippen LogP contribution in [0.3, 0.4) is 0 Å². The molecule has 4 nitrogen and oxygen atoms in total. The maximum atomic E-state index is 12.3. The molecule has 1 N–H and O–H groups in total. The van der Waals surface area contributed by atoms with E-state index >= 15 is 0 Å². The van der Waals surface area contributed by atoms with Crippen LogP contribution in [0.2, 0.25) is 0 Å². The van der Waals surface area contributed by atoms with Gasteiger partial charge in [0.15, 0.2) is 11.9 Å². The van der Waals surface area contributed by atoms with Crippen molar-refractivity contribution in [3.8, 4) is 12.3 Å². The second-order valence-electron chi connectivity index (χ2n) is 9.13. The first-order chi connectivity index (χ1) is 12.8. The highest BCUT2D eigenvalue weighted by Gasteiger charge is 2.63. The van der Waals surface area contributed by atoms with Crippen LogP contribution < -0.4 is 0 Å². The molecule has 0 aliphatic heterocycles. The van der Waals surface area contributed by atoms with E-state index in [1.807, 2.05) is 0 Å². The predicted molar refractivity (Wildman–Crippen MR) is 101 cm³/mol. The van der Waals surface area contributed by atoms with Crippen LogP contribution in [0.1, 0.15) is 65.2 Å². The van der Waals surface area contributed by atoms with Crippen LogP contribution in [0.4, 0.5) is 0 Å². The van der Waals surface area contributed by atoms with Gasteiger partial charge in [0, 0.05) is 12.3 Å². The van der Waals surface area contributed by atoms with Crippen LogP contribution in [0.5, 0.6) is 0 Å². The lowest BCUT2D eigenvalue weighted by Gasteiger charge is -2.56. The highest BCUT2D eigenvalue weighted by atomic mass is 16.5. The molecule has 4 aliphatic rings. The van der Waals surface area contributed by atoms with E-state index < -0.39 is 11.7 Å². The summed E-state index contributed by atoms with van der Waals surface area (Å²) in [6.07, 6.45) is 14.2. The molecule has 0 spiro atoms. The molecule has 0 amide bonds. The van der Waals surface area contributed by atoms with Crippen LogP contribution in [-0.4, -0.2) is 28.6 Å². The summed E-state index contributed by atoms with van der Waals surface area (Å²) in [5.74, 6) is 4.12. The molecule has 4 rings (SSSR count). The van der Waals surface area contributed by atoms with E-state index in [2.05, 4.69) is 12.8 Å². The molecule has 7 atom stereocenters. The van der Waals surface area contributed by atoms with Gasteiger partial charge >= 0.3 is 5.97 Å². The topological polar surface area (TPSA) is 63.6 Å². The molecule has 146 valence electrons. The Bertz CT molecular complexity index is 731. The monoisotopic (exact) mass is 370 g/mol. The number of carbonyl (C=O) groups is 2. The number of carbonyl (C=O) groups excluding carboxylic acids is 2. The fourth-order valence-corrected chi connectivity index (χ4v) is 7.24. The zero-order valence-corrected chi connectivity index (χ0v) is 16.4. The second kappa shape index (κ2) is 6.48. The summed E-state index contributed by atoms with van der Waals surface area (Å²) in [4.78, 5) is 23.7. The largest absolute Gasteiger partial charge is 0.454 e. The zero-order chi connectivity index (χ0) is 19.4. The quantitative estimate of drug-likeness (QED) is 0.597. The Morgan fingerprint density at radius 3 is 2.78 bits per heavy atom. The van der Waals surface area contributed by atoms with Crippen LogP contribution in [0, 0.1) is 41.4 Å². The number of terminal acetylenes is 1. The minimum absolute atomic E-state index is 0.0591. The number of hydrogen-bond acceptors (Lipinski definition) is 4. The molecular weight excluding hydrogens is 340 g/mol. The van der Waals surface area contributed by atoms with Gasteiger partial charge in [0.1, 0.15) is 5.60 Å². The standard InChI is InChI=1S/C23H30O4/c1-4-22-10-8-16-17(19(22)9-11-23(22,26)5-2)7-6-15-12-20(25)21(13-18(15)16)27-14(3)24/h2,12,16-19,21,26H,4,6-11,13H2,1,3H3/t16-,17+,18-,19-,21?,22-,23-/m0/s1. The molecule has 0 aromatic heterocycles. The number of aliphatic hydroxyl groups is 1. The first kappa shape index (κ1) is 18.7. The van der Waals surface area contributed by atoms with Gasteiger partial charge in [0.25, 0.3) is 0 Å². The number of ether oxygens (including phenoxy) is 1. The van der Waals surface area contributed by atoms with Gasteiger partial charge in [0.05, 0.1) is 0 Å². The normalized spacial score (nSPS) is 45.8. The summed E-state index contributed by atoms with van der Waals surface area (Å²) < 4.78 is 5.31. The molecule has 4 aliphatic carbocycles. The van der Waals surface area contributed by atoms with Crippen molar-refractivity contribution in [3.63, 3.8) is 0 Å². The number of hydrogen-bond donors (Lipinski definition) is 1. The van der Waals surface area contributed by atoms with Crippen molar-refractivity contribution in [1.82, 2.24) is 0 Å². The van der Waals surface area contributed by atoms with Gasteiger partial charge < -0.3 is 9.84 Å². The average Bonchev–Trinajstić information content (AvgIpc) is 2.96. The van der Waals surface area contributed by atoms with Gasteiger partial charge in [-0.3, -0.25) is 9.59 Å². The molecule has 0 aromatic rings. The first-order valence-electron chi connectivity index (χ1n) is 10.5. The van der Waals surface area contributed by atoms with Crippen LogP contribution in [0.25, 0.3) is 0 Å². The molecule has 0 bridgehead atoms. The Morgan fingerprint density at radius 2 is 2.11 bits per heavy atom. The smallest absolute Gasteiger partial charge is 0.303 e. The highest BCUT2D eigenvalue weighted by molar-refractivity contribution is 5.96. The molecule has 27 heavy (non-hydrogen) atoms. The van der Waals surface area contributed by atoms with E-state index in [0.717, 1.165) is 38.5 Å². The third-order valence-electron chi connectivity index (χ3n) is 8.39. The lowest BCUT2D eigenvalue weighted by molar-refractivity contribution is -0.154. The van der Waals surface area contributed by atoms with Crippen molar-refractivity contribution in [1.29, 1.82) is 0 Å². The Kier molecular flexibility index (Phi) is 4.50. The second-order valence-corrected chi connectivity index (χ2v) is 9.13. The van der Waals surface area contributed by atoms with Crippen LogP contribution in [0.15, 0.2) is 11.6 Å². The number of ketones is 1. The Hall–Kier alpha value is -1.60. The van der Waals surface area contributed by atoms with Crippen molar-refractivity contribution >= 4 is 11.8 Å². The summed E-state index contributed by atoms with van der Waals surface area (Å²) in [6.45, 7) is 3.54. The fourth-order valence-electron chi connectivity index (χ4n) is 7.24. The molecule has 0 radical (unpaired) electrons. The highest BCUT2D eigenvalue weighted by Crippen LogP contribution is 2.66. The summed E-state index contributed by atoms with van der Waals surface area (Å²) in [5.41, 5.74) is 0.110. The SMILES string of the molecule is C#C[C@]1(O)CC[C@H]2[C@@H]3CCC4=CC(=O)C(OC(C)=O)C[C@@H]4[C@H]3CC[C@@]21CC. The van der Waals surface area contributed by atoms with E-state index in [9.17, 15) is 14.7 Å². The maximum absolute atomic E-state index is 12.3. The first-order valence-corrected chi connectivity index (χ1v) is 10.5. The molecule has 1 unspecified atom stereocenters. The molecule has 3 fully saturated rings. The van der Waals surface area contributed by atoms with Crippen molar-refractivity contribution in [3.05, 3.63) is 11.6 Å². The lowest BCUT2D eigenvalue weighted by atomic mass is 9.49. The van der Waals surface area contributed by atoms with Crippen molar-refractivity contribution in [2.75, 3.05) is 0 Å². The third kappa shape index (κ3) is 2.62. The van der Waals surface area contributed by atoms with E-state index in [-0.39, 0.29) is 17.2 Å². The Balaban J connectivity index is 1.62. The van der Waals surface area contributed by atoms with Gasteiger partial charge in [-0.05, 0) is 81.1 Å². The van der Waals surface area contributed by atoms with Gasteiger partial charge in [-0.2, -0.15) is 0 Å². The molecule has 0 saturated heterocycles. The van der Waals surface area contributed by atoms with Gasteiger partial charge in [-0.15, -0.1) is 6.42 Å². The minimum Gasteiger partial charge on any atom is -0.454 e. The molecular formula is C23H30O4. The average molecular weight is 370 g/mol. The number of rotatable bonds is 2. The van der Waals surface area contributed by atoms with E-state index in [4.69, 9.17) is 11.2 Å². The Morgan fingerprint density at radius 1 is 1.33 bits per heavy atom. The predicted octanol–water partition coefficient (Wildman–Crippen LogP) is 3.42. The maximum Gasteiger partial charge on any atom is 0.303 e. The van der Waals surface area contributed by atoms with E-state index in [1.165, 1.54) is 12.5 Å². The van der Waals surface area contributed by atoms with E-state index in [0.29, 0.717) is 36.5 Å². The van der Waals surface area contributed by atoms with Crippen LogP contribution >= 0.6 is 0 Å². The van der Waals surface area contributed by atoms with Crippen LogP contribution in [-0.2, 0) is 14.3 Å². The summed E-state index contributed by atoms with van der Waals surface area (Å²) in [6, 6.07) is 0. The summed E-state index contributed by atoms with van der Waals surface area (Å²) >= 11 is 0. The molecule has 0 aromatic carbocycles. The third-order valence-corrected chi connectivity index (χ3v) is 8.39. The molecule has 4 heteroatoms. The summed E-state index contributed by atoms with van der Waals surface area (Å²) in [5, 5.41) is 11.2. The lowest BCUT2D eigenvalue weighted by Crippen LogP contribution is -2.54. The van der Waals surface area contributed by atoms with Gasteiger partial charge in [0.2, 0.25) is 0 Å². The molecule has 3 saturated carbocycles. The van der Waals surface area contributed by atoms with Crippen molar-refractivity contribution in [2.45, 2.75) is 76.9 Å².